The molecule has 1 amide bonds. The lowest BCUT2D eigenvalue weighted by Gasteiger charge is -2.24. The van der Waals surface area contributed by atoms with Crippen molar-refractivity contribution in [3.8, 4) is 0 Å². The average molecular weight is 298 g/mol. The largest absolute Gasteiger partial charge is 0.444 e. The fourth-order valence-electron chi connectivity index (χ4n) is 1.31. The molecular formula is C14H22N2O5. The van der Waals surface area contributed by atoms with Crippen LogP contribution in [0.4, 0.5) is 4.79 Å². The second-order valence-corrected chi connectivity index (χ2v) is 5.41. The van der Waals surface area contributed by atoms with Crippen molar-refractivity contribution in [3.05, 3.63) is 11.3 Å². The highest BCUT2D eigenvalue weighted by atomic mass is 16.6. The molecule has 7 nitrogen and oxygen atoms in total. The molecule has 0 fully saturated rings. The van der Waals surface area contributed by atoms with E-state index in [9.17, 15) is 14.4 Å². The Bertz CT molecular complexity index is 454. The van der Waals surface area contributed by atoms with Gasteiger partial charge in [0.2, 0.25) is 0 Å². The van der Waals surface area contributed by atoms with E-state index in [4.69, 9.17) is 9.47 Å². The Labute approximate surface area is 124 Å². The Hall–Kier alpha value is -2.07. The predicted molar refractivity (Wildman–Crippen MR) is 77.1 cm³/mol. The zero-order valence-electron chi connectivity index (χ0n) is 13.0. The molecule has 0 saturated heterocycles. The second kappa shape index (κ2) is 8.97. The number of amides is 1. The molecule has 0 aliphatic heterocycles. The molecule has 1 unspecified atom stereocenters. The lowest BCUT2D eigenvalue weighted by Crippen LogP contribution is -2.45. The van der Waals surface area contributed by atoms with E-state index >= 15 is 0 Å². The number of methoxy groups -OCH3 is 1. The minimum Gasteiger partial charge on any atom is -0.444 e. The molecule has 0 spiro atoms. The number of hydrogen-bond acceptors (Lipinski definition) is 6. The van der Waals surface area contributed by atoms with E-state index in [1.54, 1.807) is 39.6 Å². The fraction of sp³-hybridized carbons (Fsp3) is 0.643. The van der Waals surface area contributed by atoms with Gasteiger partial charge in [0.05, 0.1) is 6.61 Å². The van der Waals surface area contributed by atoms with Gasteiger partial charge in [0.1, 0.15) is 29.2 Å². The quantitative estimate of drug-likeness (QED) is 0.669. The van der Waals surface area contributed by atoms with Gasteiger partial charge in [0.25, 0.3) is 0 Å². The molecule has 118 valence electrons. The van der Waals surface area contributed by atoms with Gasteiger partial charge in [0, 0.05) is 19.2 Å². The molecular weight excluding hydrogens is 276 g/mol. The van der Waals surface area contributed by atoms with Gasteiger partial charge in [0.15, 0.2) is 0 Å². The zero-order valence-corrected chi connectivity index (χ0v) is 13.0. The molecule has 0 bridgehead atoms. The molecule has 7 heteroatoms. The highest BCUT2D eigenvalue weighted by Crippen LogP contribution is 2.07. The maximum Gasteiger partial charge on any atom is 0.408 e. The number of nitrogens with one attached hydrogen (secondary N) is 2. The van der Waals surface area contributed by atoms with Crippen LogP contribution in [0.25, 0.3) is 0 Å². The van der Waals surface area contributed by atoms with E-state index in [2.05, 4.69) is 10.6 Å². The normalized spacial score (nSPS) is 11.7. The molecule has 0 aromatic rings. The van der Waals surface area contributed by atoms with Crippen LogP contribution in [-0.4, -0.2) is 49.9 Å². The van der Waals surface area contributed by atoms with Crippen LogP contribution in [0.3, 0.4) is 0 Å². The Morgan fingerprint density at radius 2 is 1.86 bits per heavy atom. The Balaban J connectivity index is 4.81. The average Bonchev–Trinajstić information content (AvgIpc) is 2.36. The summed E-state index contributed by atoms with van der Waals surface area (Å²) in [7, 11) is 1.43. The van der Waals surface area contributed by atoms with Crippen molar-refractivity contribution >= 4 is 18.0 Å². The Morgan fingerprint density at radius 1 is 1.24 bits per heavy atom. The van der Waals surface area contributed by atoms with Crippen molar-refractivity contribution in [1.82, 2.24) is 10.6 Å². The number of hydrogen-bond donors (Lipinski definition) is 2. The molecule has 0 aromatic heterocycles. The van der Waals surface area contributed by atoms with Gasteiger partial charge >= 0.3 is 6.09 Å². The minimum atomic E-state index is -0.748. The van der Waals surface area contributed by atoms with Gasteiger partial charge in [-0.25, -0.2) is 14.4 Å². The van der Waals surface area contributed by atoms with Crippen LogP contribution in [-0.2, 0) is 19.1 Å². The summed E-state index contributed by atoms with van der Waals surface area (Å²) in [6, 6.07) is -0.748. The first-order valence-corrected chi connectivity index (χ1v) is 6.41. The molecule has 0 radical (unpaired) electrons. The van der Waals surface area contributed by atoms with E-state index in [-0.39, 0.29) is 18.8 Å². The van der Waals surface area contributed by atoms with Crippen molar-refractivity contribution in [2.24, 2.45) is 0 Å². The van der Waals surface area contributed by atoms with Crippen LogP contribution in [0.2, 0.25) is 0 Å². The summed E-state index contributed by atoms with van der Waals surface area (Å²) in [4.78, 5) is 33.2. The lowest BCUT2D eigenvalue weighted by molar-refractivity contribution is 0.0482. The van der Waals surface area contributed by atoms with Gasteiger partial charge in [-0.15, -0.1) is 0 Å². The molecule has 0 saturated carbocycles. The molecule has 1 atom stereocenters. The van der Waals surface area contributed by atoms with E-state index in [0.29, 0.717) is 5.57 Å². The first kappa shape index (κ1) is 18.9. The molecule has 0 aliphatic rings. The number of ether oxygens (including phenoxy) is 2. The lowest BCUT2D eigenvalue weighted by atomic mass is 10.2. The van der Waals surface area contributed by atoms with Gasteiger partial charge in [-0.1, -0.05) is 0 Å². The summed E-state index contributed by atoms with van der Waals surface area (Å²) in [5.41, 5.74) is -0.203. The van der Waals surface area contributed by atoms with Crippen molar-refractivity contribution in [2.75, 3.05) is 20.3 Å². The van der Waals surface area contributed by atoms with Gasteiger partial charge < -0.3 is 20.1 Å². The first-order valence-electron chi connectivity index (χ1n) is 6.41. The zero-order chi connectivity index (χ0) is 16.5. The second-order valence-electron chi connectivity index (χ2n) is 5.41. The maximum atomic E-state index is 11.7. The van der Waals surface area contributed by atoms with Crippen molar-refractivity contribution in [3.63, 3.8) is 0 Å². The molecule has 0 aliphatic carbocycles. The number of carbonyl (C=O) groups excluding carboxylic acids is 3. The summed E-state index contributed by atoms with van der Waals surface area (Å²) in [5.74, 6) is 3.40. The SMILES string of the molecule is COCC(NC(=O)OC(C)(C)C)C(=C=O)NCC(C)=C=O. The Kier molecular flexibility index (Phi) is 8.09. The van der Waals surface area contributed by atoms with Crippen molar-refractivity contribution in [1.29, 1.82) is 0 Å². The molecule has 0 heterocycles. The van der Waals surface area contributed by atoms with Crippen LogP contribution in [0.5, 0.6) is 0 Å². The maximum absolute atomic E-state index is 11.7. The van der Waals surface area contributed by atoms with Crippen LogP contribution < -0.4 is 10.6 Å². The third-order valence-electron chi connectivity index (χ3n) is 2.20. The summed E-state index contributed by atoms with van der Waals surface area (Å²) >= 11 is 0. The van der Waals surface area contributed by atoms with Crippen LogP contribution in [0, 0.1) is 0 Å². The van der Waals surface area contributed by atoms with Gasteiger partial charge in [-0.2, -0.15) is 0 Å². The molecule has 0 rings (SSSR count). The minimum absolute atomic E-state index is 0.0562. The van der Waals surface area contributed by atoms with Crippen LogP contribution in [0.1, 0.15) is 27.7 Å². The smallest absolute Gasteiger partial charge is 0.408 e. The van der Waals surface area contributed by atoms with E-state index in [1.165, 1.54) is 7.11 Å². The standard InChI is InChI=1S/C14H22N2O5/c1-10(7-17)6-15-11(8-18)12(9-20-5)16-13(19)21-14(2,3)4/h12,15H,6,9H2,1-5H3,(H,16,19). The third-order valence-corrected chi connectivity index (χ3v) is 2.20. The molecule has 2 N–H and O–H groups in total. The number of carbonyl (C=O) groups is 1. The summed E-state index contributed by atoms with van der Waals surface area (Å²) < 4.78 is 10.1. The topological polar surface area (TPSA) is 93.7 Å². The predicted octanol–water partition coefficient (Wildman–Crippen LogP) is 0.609. The fourth-order valence-corrected chi connectivity index (χ4v) is 1.31. The Morgan fingerprint density at radius 3 is 2.29 bits per heavy atom. The summed E-state index contributed by atoms with van der Waals surface area (Å²) in [5, 5.41) is 5.23. The highest BCUT2D eigenvalue weighted by molar-refractivity contribution is 5.70. The van der Waals surface area contributed by atoms with E-state index in [0.717, 1.165) is 0 Å². The number of alkyl carbamates (subject to hydrolysis) is 1. The van der Waals surface area contributed by atoms with E-state index in [1.807, 2.05) is 0 Å². The summed E-state index contributed by atoms with van der Waals surface area (Å²) in [6.07, 6.45) is -0.679. The van der Waals surface area contributed by atoms with Crippen LogP contribution in [0.15, 0.2) is 11.3 Å². The van der Waals surface area contributed by atoms with Gasteiger partial charge in [-0.05, 0) is 27.7 Å². The third kappa shape index (κ3) is 8.65. The van der Waals surface area contributed by atoms with E-state index < -0.39 is 17.7 Å². The van der Waals surface area contributed by atoms with Crippen molar-refractivity contribution < 1.29 is 23.9 Å². The first-order chi connectivity index (χ1) is 9.73. The van der Waals surface area contributed by atoms with Crippen molar-refractivity contribution in [2.45, 2.75) is 39.3 Å². The van der Waals surface area contributed by atoms with Crippen LogP contribution >= 0.6 is 0 Å². The summed E-state index contributed by atoms with van der Waals surface area (Å²) in [6.45, 7) is 6.93. The highest BCUT2D eigenvalue weighted by Gasteiger charge is 2.22. The monoisotopic (exact) mass is 298 g/mol. The molecule has 0 aromatic carbocycles. The van der Waals surface area contributed by atoms with Gasteiger partial charge in [-0.3, -0.25) is 0 Å². The molecule has 21 heavy (non-hydrogen) atoms. The number of rotatable bonds is 7.